The zero-order valence-corrected chi connectivity index (χ0v) is 14.5. The Labute approximate surface area is 150 Å². The zero-order valence-electron chi connectivity index (χ0n) is 14.5. The molecule has 2 aromatic rings. The number of aromatic nitrogens is 2. The van der Waals surface area contributed by atoms with Crippen LogP contribution in [0, 0.1) is 5.82 Å². The molecule has 8 heteroatoms. The van der Waals surface area contributed by atoms with Gasteiger partial charge in [0, 0.05) is 36.7 Å². The maximum absolute atomic E-state index is 13.4. The van der Waals surface area contributed by atoms with E-state index < -0.39 is 5.82 Å². The summed E-state index contributed by atoms with van der Waals surface area (Å²) < 4.78 is 18.3. The Hall–Kier alpha value is -3.03. The monoisotopic (exact) mass is 358 g/mol. The zero-order chi connectivity index (χ0) is 18.7. The van der Waals surface area contributed by atoms with Crippen LogP contribution in [0.3, 0.4) is 0 Å². The number of ether oxygens (including phenoxy) is 1. The van der Waals surface area contributed by atoms with E-state index in [2.05, 4.69) is 15.3 Å². The van der Waals surface area contributed by atoms with E-state index in [0.29, 0.717) is 30.0 Å². The second-order valence-corrected chi connectivity index (χ2v) is 6.03. The van der Waals surface area contributed by atoms with Gasteiger partial charge in [-0.25, -0.2) is 4.98 Å². The molecule has 1 saturated heterocycles. The lowest BCUT2D eigenvalue weighted by Gasteiger charge is -2.26. The van der Waals surface area contributed by atoms with Gasteiger partial charge in [0.1, 0.15) is 0 Å². The third-order valence-electron chi connectivity index (χ3n) is 4.26. The maximum atomic E-state index is 13.4. The quantitative estimate of drug-likeness (QED) is 0.902. The van der Waals surface area contributed by atoms with Crippen LogP contribution in [-0.4, -0.2) is 52.9 Å². The molecule has 0 bridgehead atoms. The Morgan fingerprint density at radius 2 is 2.08 bits per heavy atom. The highest BCUT2D eigenvalue weighted by Crippen LogP contribution is 2.21. The van der Waals surface area contributed by atoms with Crippen LogP contribution in [0.1, 0.15) is 23.7 Å². The maximum Gasteiger partial charge on any atom is 0.254 e. The van der Waals surface area contributed by atoms with Gasteiger partial charge >= 0.3 is 0 Å². The van der Waals surface area contributed by atoms with E-state index in [1.165, 1.54) is 7.11 Å². The van der Waals surface area contributed by atoms with Gasteiger partial charge in [0.05, 0.1) is 13.3 Å². The molecule has 1 atom stereocenters. The summed E-state index contributed by atoms with van der Waals surface area (Å²) in [5.74, 6) is -0.657. The Morgan fingerprint density at radius 3 is 2.77 bits per heavy atom. The molecule has 2 heterocycles. The number of carbonyl (C=O) groups is 2. The number of nitrogens with zero attached hydrogens (tertiary/aromatic N) is 3. The standard InChI is InChI=1S/C18H19FN4O3/c1-11-9-20-15(24)7-8-23(11)18(25)13-5-3-12(4-6-13)16-21-10-14(19)17(22-16)26-2/h3-6,10-11H,7-9H2,1-2H3,(H,20,24). The summed E-state index contributed by atoms with van der Waals surface area (Å²) in [6.45, 7) is 2.72. The van der Waals surface area contributed by atoms with Gasteiger partial charge in [0.2, 0.25) is 11.7 Å². The van der Waals surface area contributed by atoms with Gasteiger partial charge < -0.3 is 15.0 Å². The van der Waals surface area contributed by atoms with E-state index in [4.69, 9.17) is 4.74 Å². The molecule has 1 aromatic carbocycles. The van der Waals surface area contributed by atoms with Crippen LogP contribution in [0.5, 0.6) is 5.88 Å². The van der Waals surface area contributed by atoms with E-state index >= 15 is 0 Å². The van der Waals surface area contributed by atoms with Crippen molar-refractivity contribution in [3.63, 3.8) is 0 Å². The molecule has 0 aliphatic carbocycles. The number of amides is 2. The fourth-order valence-electron chi connectivity index (χ4n) is 2.77. The van der Waals surface area contributed by atoms with E-state index in [0.717, 1.165) is 6.20 Å². The Kier molecular flexibility index (Phi) is 5.11. The molecule has 0 spiro atoms. The molecular weight excluding hydrogens is 339 g/mol. The normalized spacial score (nSPS) is 17.4. The molecule has 3 rings (SSSR count). The fraction of sp³-hybridized carbons (Fsp3) is 0.333. The molecule has 1 fully saturated rings. The van der Waals surface area contributed by atoms with Crippen molar-refractivity contribution in [1.29, 1.82) is 0 Å². The van der Waals surface area contributed by atoms with E-state index in [1.807, 2.05) is 6.92 Å². The smallest absolute Gasteiger partial charge is 0.254 e. The summed E-state index contributed by atoms with van der Waals surface area (Å²) in [5.41, 5.74) is 1.14. The van der Waals surface area contributed by atoms with E-state index in [-0.39, 0.29) is 30.2 Å². The highest BCUT2D eigenvalue weighted by Gasteiger charge is 2.25. The van der Waals surface area contributed by atoms with Crippen LogP contribution in [0.25, 0.3) is 11.4 Å². The van der Waals surface area contributed by atoms with Crippen LogP contribution >= 0.6 is 0 Å². The average Bonchev–Trinajstić information content (AvgIpc) is 2.83. The molecule has 1 N–H and O–H groups in total. The molecule has 26 heavy (non-hydrogen) atoms. The van der Waals surface area contributed by atoms with Crippen molar-refractivity contribution in [1.82, 2.24) is 20.2 Å². The summed E-state index contributed by atoms with van der Waals surface area (Å²) >= 11 is 0. The van der Waals surface area contributed by atoms with Crippen LogP contribution in [0.15, 0.2) is 30.5 Å². The summed E-state index contributed by atoms with van der Waals surface area (Å²) in [4.78, 5) is 33.9. The van der Waals surface area contributed by atoms with Gasteiger partial charge in [0.15, 0.2) is 5.82 Å². The van der Waals surface area contributed by atoms with Crippen LogP contribution < -0.4 is 10.1 Å². The number of hydrogen-bond acceptors (Lipinski definition) is 5. The molecule has 0 saturated carbocycles. The van der Waals surface area contributed by atoms with Gasteiger partial charge in [-0.3, -0.25) is 9.59 Å². The number of benzene rings is 1. The van der Waals surface area contributed by atoms with E-state index in [9.17, 15) is 14.0 Å². The number of hydrogen-bond donors (Lipinski definition) is 1. The predicted octanol–water partition coefficient (Wildman–Crippen LogP) is 1.64. The van der Waals surface area contributed by atoms with Crippen molar-refractivity contribution >= 4 is 11.8 Å². The minimum atomic E-state index is -0.638. The van der Waals surface area contributed by atoms with Crippen molar-refractivity contribution in [3.05, 3.63) is 41.8 Å². The molecule has 136 valence electrons. The predicted molar refractivity (Wildman–Crippen MR) is 92.1 cm³/mol. The minimum Gasteiger partial charge on any atom is -0.479 e. The molecule has 1 unspecified atom stereocenters. The Bertz CT molecular complexity index is 826. The number of methoxy groups -OCH3 is 1. The topological polar surface area (TPSA) is 84.4 Å². The van der Waals surface area contributed by atoms with Gasteiger partial charge in [-0.15, -0.1) is 0 Å². The Morgan fingerprint density at radius 1 is 1.35 bits per heavy atom. The molecule has 1 aliphatic rings. The third kappa shape index (κ3) is 3.63. The van der Waals surface area contributed by atoms with Crippen molar-refractivity contribution < 1.29 is 18.7 Å². The lowest BCUT2D eigenvalue weighted by molar-refractivity contribution is -0.120. The molecule has 2 amide bonds. The lowest BCUT2D eigenvalue weighted by atomic mass is 10.1. The number of halogens is 1. The van der Waals surface area contributed by atoms with Gasteiger partial charge in [0.25, 0.3) is 11.8 Å². The van der Waals surface area contributed by atoms with E-state index in [1.54, 1.807) is 29.2 Å². The largest absolute Gasteiger partial charge is 0.479 e. The summed E-state index contributed by atoms with van der Waals surface area (Å²) in [5, 5.41) is 2.78. The summed E-state index contributed by atoms with van der Waals surface area (Å²) in [6.07, 6.45) is 1.33. The fourth-order valence-corrected chi connectivity index (χ4v) is 2.77. The first-order valence-electron chi connectivity index (χ1n) is 8.24. The van der Waals surface area contributed by atoms with Crippen molar-refractivity contribution in [2.45, 2.75) is 19.4 Å². The van der Waals surface area contributed by atoms with Crippen molar-refractivity contribution in [2.75, 3.05) is 20.2 Å². The summed E-state index contributed by atoms with van der Waals surface area (Å²) in [6, 6.07) is 6.66. The van der Waals surface area contributed by atoms with Crippen molar-refractivity contribution in [2.24, 2.45) is 0 Å². The first-order chi connectivity index (χ1) is 12.5. The average molecular weight is 358 g/mol. The second kappa shape index (κ2) is 7.47. The molecule has 0 radical (unpaired) electrons. The van der Waals surface area contributed by atoms with Crippen LogP contribution in [-0.2, 0) is 4.79 Å². The van der Waals surface area contributed by atoms with Crippen molar-refractivity contribution in [3.8, 4) is 17.3 Å². The lowest BCUT2D eigenvalue weighted by Crippen LogP contribution is -2.41. The Balaban J connectivity index is 1.80. The molecule has 1 aromatic heterocycles. The second-order valence-electron chi connectivity index (χ2n) is 6.03. The molecular formula is C18H19FN4O3. The number of carbonyl (C=O) groups excluding carboxylic acids is 2. The molecule has 1 aliphatic heterocycles. The third-order valence-corrected chi connectivity index (χ3v) is 4.26. The first-order valence-corrected chi connectivity index (χ1v) is 8.24. The first kappa shape index (κ1) is 17.8. The minimum absolute atomic E-state index is 0.0510. The van der Waals surface area contributed by atoms with Gasteiger partial charge in [-0.2, -0.15) is 9.37 Å². The van der Waals surface area contributed by atoms with Crippen LogP contribution in [0.2, 0.25) is 0 Å². The number of nitrogens with one attached hydrogen (secondary N) is 1. The van der Waals surface area contributed by atoms with Gasteiger partial charge in [-0.1, -0.05) is 12.1 Å². The highest BCUT2D eigenvalue weighted by molar-refractivity contribution is 5.95. The van der Waals surface area contributed by atoms with Gasteiger partial charge in [-0.05, 0) is 19.1 Å². The molecule has 7 nitrogen and oxygen atoms in total. The highest BCUT2D eigenvalue weighted by atomic mass is 19.1. The van der Waals surface area contributed by atoms with Crippen LogP contribution in [0.4, 0.5) is 4.39 Å². The number of rotatable bonds is 3. The summed E-state index contributed by atoms with van der Waals surface area (Å²) in [7, 11) is 1.33. The SMILES string of the molecule is COc1nc(-c2ccc(C(=O)N3CCC(=O)NCC3C)cc2)ncc1F.